The van der Waals surface area contributed by atoms with Gasteiger partial charge in [-0.1, -0.05) is 32.0 Å². The minimum atomic E-state index is 0.0905. The second-order valence-corrected chi connectivity index (χ2v) is 6.67. The molecule has 2 heterocycles. The molecule has 3 rings (SSSR count). The Morgan fingerprint density at radius 3 is 2.65 bits per heavy atom. The molecule has 0 N–H and O–H groups in total. The largest absolute Gasteiger partial charge is 0.439 e. The normalized spacial score (nSPS) is 17.2. The first kappa shape index (κ1) is 15.5. The third-order valence-corrected chi connectivity index (χ3v) is 3.95. The second-order valence-electron chi connectivity index (χ2n) is 6.67. The van der Waals surface area contributed by atoms with Crippen LogP contribution in [0.5, 0.6) is 11.6 Å². The molecule has 0 bridgehead atoms. The summed E-state index contributed by atoms with van der Waals surface area (Å²) in [6.07, 6.45) is 1.45. The van der Waals surface area contributed by atoms with E-state index in [1.165, 1.54) is 0 Å². The molecule has 1 aromatic heterocycles. The number of hydrogen-bond acceptors (Lipinski definition) is 4. The van der Waals surface area contributed by atoms with Gasteiger partial charge in [0.2, 0.25) is 11.8 Å². The number of aryl methyl sites for hydroxylation is 1. The lowest BCUT2D eigenvalue weighted by atomic mass is 9.84. The Labute approximate surface area is 136 Å². The zero-order valence-electron chi connectivity index (χ0n) is 13.7. The lowest BCUT2D eigenvalue weighted by Gasteiger charge is -2.37. The average Bonchev–Trinajstić information content (AvgIpc) is 2.50. The lowest BCUT2D eigenvalue weighted by molar-refractivity contribution is -0.121. The van der Waals surface area contributed by atoms with Gasteiger partial charge in [0.25, 0.3) is 0 Å². The number of anilines is 1. The van der Waals surface area contributed by atoms with E-state index in [0.29, 0.717) is 36.2 Å². The van der Waals surface area contributed by atoms with Crippen LogP contribution in [0.4, 0.5) is 5.82 Å². The predicted octanol–water partition coefficient (Wildman–Crippen LogP) is 3.73. The van der Waals surface area contributed by atoms with Crippen molar-refractivity contribution in [1.82, 2.24) is 9.97 Å². The summed E-state index contributed by atoms with van der Waals surface area (Å²) in [7, 11) is 0. The standard InChI is InChI=1S/C18H21N3O2/c1-13-19-15(21-12-18(2,3)10-9-17(21)22)11-16(20-13)23-14-7-5-4-6-8-14/h4-8,11H,9-10,12H2,1-3H3. The highest BCUT2D eigenvalue weighted by Gasteiger charge is 2.33. The van der Waals surface area contributed by atoms with Crippen molar-refractivity contribution in [3.8, 4) is 11.6 Å². The fraction of sp³-hybridized carbons (Fsp3) is 0.389. The van der Waals surface area contributed by atoms with Crippen molar-refractivity contribution < 1.29 is 9.53 Å². The minimum absolute atomic E-state index is 0.0905. The van der Waals surface area contributed by atoms with Crippen molar-refractivity contribution in [2.24, 2.45) is 5.41 Å². The van der Waals surface area contributed by atoms with Gasteiger partial charge in [-0.3, -0.25) is 9.69 Å². The monoisotopic (exact) mass is 311 g/mol. The number of nitrogens with zero attached hydrogens (tertiary/aromatic N) is 3. The van der Waals surface area contributed by atoms with Gasteiger partial charge in [-0.25, -0.2) is 4.98 Å². The van der Waals surface area contributed by atoms with Crippen molar-refractivity contribution in [3.63, 3.8) is 0 Å². The van der Waals surface area contributed by atoms with Crippen LogP contribution in [0.3, 0.4) is 0 Å². The van der Waals surface area contributed by atoms with Crippen LogP contribution in [0.1, 0.15) is 32.5 Å². The van der Waals surface area contributed by atoms with Gasteiger partial charge in [-0.15, -0.1) is 0 Å². The van der Waals surface area contributed by atoms with E-state index < -0.39 is 0 Å². The fourth-order valence-electron chi connectivity index (χ4n) is 2.71. The van der Waals surface area contributed by atoms with Crippen molar-refractivity contribution in [1.29, 1.82) is 0 Å². The Balaban J connectivity index is 1.89. The maximum atomic E-state index is 12.3. The number of benzene rings is 1. The number of amides is 1. The van der Waals surface area contributed by atoms with Gasteiger partial charge in [0, 0.05) is 19.0 Å². The lowest BCUT2D eigenvalue weighted by Crippen LogP contribution is -2.44. The summed E-state index contributed by atoms with van der Waals surface area (Å²) in [4.78, 5) is 22.8. The van der Waals surface area contributed by atoms with Gasteiger partial charge in [0.05, 0.1) is 0 Å². The summed E-state index contributed by atoms with van der Waals surface area (Å²) in [6, 6.07) is 11.2. The first-order chi connectivity index (χ1) is 10.9. The Morgan fingerprint density at radius 1 is 1.17 bits per heavy atom. The van der Waals surface area contributed by atoms with Crippen LogP contribution in [-0.4, -0.2) is 22.4 Å². The van der Waals surface area contributed by atoms with Crippen LogP contribution >= 0.6 is 0 Å². The molecule has 23 heavy (non-hydrogen) atoms. The minimum Gasteiger partial charge on any atom is -0.439 e. The van der Waals surface area contributed by atoms with Gasteiger partial charge in [-0.05, 0) is 30.9 Å². The Morgan fingerprint density at radius 2 is 1.91 bits per heavy atom. The van der Waals surface area contributed by atoms with E-state index in [4.69, 9.17) is 4.74 Å². The van der Waals surface area contributed by atoms with Crippen molar-refractivity contribution in [3.05, 3.63) is 42.2 Å². The first-order valence-electron chi connectivity index (χ1n) is 7.82. The molecule has 0 unspecified atom stereocenters. The highest BCUT2D eigenvalue weighted by molar-refractivity contribution is 5.93. The molecule has 1 aliphatic heterocycles. The molecule has 2 aromatic rings. The van der Waals surface area contributed by atoms with Crippen molar-refractivity contribution in [2.45, 2.75) is 33.6 Å². The summed E-state index contributed by atoms with van der Waals surface area (Å²) >= 11 is 0. The van der Waals surface area contributed by atoms with E-state index >= 15 is 0 Å². The smallest absolute Gasteiger partial charge is 0.228 e. The number of carbonyl (C=O) groups excluding carboxylic acids is 1. The average molecular weight is 311 g/mol. The van der Waals surface area contributed by atoms with Crippen molar-refractivity contribution in [2.75, 3.05) is 11.4 Å². The number of piperidine rings is 1. The molecule has 120 valence electrons. The molecule has 0 spiro atoms. The summed E-state index contributed by atoms with van der Waals surface area (Å²) in [5.41, 5.74) is 0.0905. The van der Waals surface area contributed by atoms with Crippen LogP contribution in [0.25, 0.3) is 0 Å². The Hall–Kier alpha value is -2.43. The van der Waals surface area contributed by atoms with E-state index in [-0.39, 0.29) is 11.3 Å². The SMILES string of the molecule is Cc1nc(Oc2ccccc2)cc(N2CC(C)(C)CCC2=O)n1. The molecular formula is C18H21N3O2. The molecule has 0 atom stereocenters. The van der Waals surface area contributed by atoms with Crippen LogP contribution < -0.4 is 9.64 Å². The third-order valence-electron chi connectivity index (χ3n) is 3.95. The highest BCUT2D eigenvalue weighted by atomic mass is 16.5. The highest BCUT2D eigenvalue weighted by Crippen LogP contribution is 2.33. The molecule has 1 fully saturated rings. The molecule has 1 aromatic carbocycles. The van der Waals surface area contributed by atoms with E-state index in [2.05, 4.69) is 23.8 Å². The molecule has 0 saturated carbocycles. The van der Waals surface area contributed by atoms with Gasteiger partial charge < -0.3 is 4.74 Å². The van der Waals surface area contributed by atoms with Crippen LogP contribution in [0, 0.1) is 12.3 Å². The third kappa shape index (κ3) is 3.67. The first-order valence-corrected chi connectivity index (χ1v) is 7.82. The molecule has 0 aliphatic carbocycles. The number of rotatable bonds is 3. The van der Waals surface area contributed by atoms with Crippen LogP contribution in [-0.2, 0) is 4.79 Å². The van der Waals surface area contributed by atoms with Gasteiger partial charge in [0.15, 0.2) is 0 Å². The summed E-state index contributed by atoms with van der Waals surface area (Å²) in [5.74, 6) is 2.47. The summed E-state index contributed by atoms with van der Waals surface area (Å²) in [6.45, 7) is 6.80. The molecule has 1 amide bonds. The number of ether oxygens (including phenoxy) is 1. The van der Waals surface area contributed by atoms with Gasteiger partial charge >= 0.3 is 0 Å². The van der Waals surface area contributed by atoms with E-state index in [1.807, 2.05) is 30.3 Å². The fourth-order valence-corrected chi connectivity index (χ4v) is 2.71. The van der Waals surface area contributed by atoms with Gasteiger partial charge in [-0.2, -0.15) is 4.98 Å². The Bertz CT molecular complexity index is 713. The van der Waals surface area contributed by atoms with Crippen LogP contribution in [0.2, 0.25) is 0 Å². The maximum absolute atomic E-state index is 12.3. The molecular weight excluding hydrogens is 290 g/mol. The quantitative estimate of drug-likeness (QED) is 0.866. The molecule has 1 saturated heterocycles. The molecule has 0 radical (unpaired) electrons. The number of carbonyl (C=O) groups is 1. The zero-order chi connectivity index (χ0) is 16.4. The zero-order valence-corrected chi connectivity index (χ0v) is 13.7. The van der Waals surface area contributed by atoms with E-state index in [9.17, 15) is 4.79 Å². The van der Waals surface area contributed by atoms with Crippen LogP contribution in [0.15, 0.2) is 36.4 Å². The molecule has 5 nitrogen and oxygen atoms in total. The number of aromatic nitrogens is 2. The summed E-state index contributed by atoms with van der Waals surface area (Å²) in [5, 5.41) is 0. The maximum Gasteiger partial charge on any atom is 0.228 e. The van der Waals surface area contributed by atoms with Gasteiger partial charge in [0.1, 0.15) is 17.4 Å². The van der Waals surface area contributed by atoms with Crippen molar-refractivity contribution >= 4 is 11.7 Å². The molecule has 5 heteroatoms. The summed E-state index contributed by atoms with van der Waals surface area (Å²) < 4.78 is 5.79. The van der Waals surface area contributed by atoms with E-state index in [1.54, 1.807) is 17.9 Å². The Kier molecular flexibility index (Phi) is 4.03. The molecule has 1 aliphatic rings. The number of para-hydroxylation sites is 1. The second kappa shape index (κ2) is 5.99. The topological polar surface area (TPSA) is 55.3 Å². The number of hydrogen-bond donors (Lipinski definition) is 0. The van der Waals surface area contributed by atoms with E-state index in [0.717, 1.165) is 6.42 Å². The predicted molar refractivity (Wildman–Crippen MR) is 88.7 cm³/mol.